The average molecular weight is 740 g/mol. The summed E-state index contributed by atoms with van der Waals surface area (Å²) in [6.45, 7) is 5.07. The molecule has 4 heterocycles. The molecule has 0 radical (unpaired) electrons. The molecule has 2 fully saturated rings. The Bertz CT molecular complexity index is 2200. The van der Waals surface area contributed by atoms with E-state index in [1.165, 1.54) is 4.90 Å². The van der Waals surface area contributed by atoms with Crippen molar-refractivity contribution in [2.75, 3.05) is 23.4 Å². The largest absolute Gasteiger partial charge is 0.425 e. The third-order valence-electron chi connectivity index (χ3n) is 9.69. The molecule has 55 heavy (non-hydrogen) atoms. The van der Waals surface area contributed by atoms with Gasteiger partial charge < -0.3 is 24.3 Å². The predicted octanol–water partition coefficient (Wildman–Crippen LogP) is 6.80. The van der Waals surface area contributed by atoms with Crippen LogP contribution in [0.2, 0.25) is 0 Å². The number of carbonyl (C=O) groups is 2. The summed E-state index contributed by atoms with van der Waals surface area (Å²) < 4.78 is 27.7. The van der Waals surface area contributed by atoms with Gasteiger partial charge in [0.05, 0.1) is 43.6 Å². The number of aromatic nitrogens is 4. The number of hydrogen-bond donors (Lipinski definition) is 2. The lowest BCUT2D eigenvalue weighted by atomic mass is 10.00. The Balaban J connectivity index is 1.14. The summed E-state index contributed by atoms with van der Waals surface area (Å²) in [5.41, 5.74) is 2.91. The molecular formula is C42H41N7O6. The Morgan fingerprint density at radius 3 is 2.09 bits per heavy atom. The molecule has 0 saturated carbocycles. The van der Waals surface area contributed by atoms with Gasteiger partial charge in [-0.15, -0.1) is 0 Å². The number of ether oxygens (including phenoxy) is 4. The number of carbonyl (C=O) groups excluding carboxylic acids is 2. The summed E-state index contributed by atoms with van der Waals surface area (Å²) >= 11 is 0. The lowest BCUT2D eigenvalue weighted by Gasteiger charge is -2.32. The third kappa shape index (κ3) is 7.55. The van der Waals surface area contributed by atoms with Crippen molar-refractivity contribution in [3.63, 3.8) is 0 Å². The van der Waals surface area contributed by atoms with E-state index in [1.54, 1.807) is 24.7 Å². The SMILES string of the molecule is CC(C)C(=O)Nc1nc(OC(=O)N(c2ccccc2)c2ccccc2)c2ncn([C@@H]3O[C@@]4(COCc5ccccc5)CN[C@@H]3[C@@H]4OCc3ccccc3)c2n1. The molecule has 2 saturated heterocycles. The van der Waals surface area contributed by atoms with Gasteiger partial charge >= 0.3 is 6.09 Å². The standard InChI is InChI=1S/C42H41N7O6/c1-28(2)37(50)46-40-45-36-34(38(47-40)54-41(51)49(31-19-11-5-12-20-31)32-21-13-6-14-22-32)44-27-48(36)39-33-35(53-24-30-17-9-4-10-18-30)42(55-39,25-43-33)26-52-23-29-15-7-3-8-16-29/h3-22,27-28,33,35,39,43H,23-26H2,1-2H3,(H,45,46,47,50)/t33-,35+,39-,42-/m1/s1. The van der Waals surface area contributed by atoms with Crippen LogP contribution >= 0.6 is 0 Å². The summed E-state index contributed by atoms with van der Waals surface area (Å²) in [6.07, 6.45) is -0.209. The molecule has 2 N–H and O–H groups in total. The minimum atomic E-state index is -0.849. The molecule has 280 valence electrons. The van der Waals surface area contributed by atoms with Crippen molar-refractivity contribution in [2.24, 2.45) is 5.92 Å². The quantitative estimate of drug-likeness (QED) is 0.130. The fraction of sp³-hybridized carbons (Fsp3) is 0.262. The molecule has 4 atom stereocenters. The van der Waals surface area contributed by atoms with Crippen LogP contribution in [0.3, 0.4) is 0 Å². The van der Waals surface area contributed by atoms with E-state index in [9.17, 15) is 9.59 Å². The third-order valence-corrected chi connectivity index (χ3v) is 9.69. The highest BCUT2D eigenvalue weighted by Gasteiger charge is 2.62. The number of fused-ring (bicyclic) bond motifs is 3. The summed E-state index contributed by atoms with van der Waals surface area (Å²) in [5.74, 6) is -0.841. The maximum atomic E-state index is 14.1. The van der Waals surface area contributed by atoms with Gasteiger partial charge in [0.1, 0.15) is 11.7 Å². The topological polar surface area (TPSA) is 142 Å². The lowest BCUT2D eigenvalue weighted by molar-refractivity contribution is -0.153. The van der Waals surface area contributed by atoms with Crippen molar-refractivity contribution in [3.05, 3.63) is 139 Å². The molecule has 2 aliphatic rings. The highest BCUT2D eigenvalue weighted by atomic mass is 16.6. The maximum absolute atomic E-state index is 14.1. The highest BCUT2D eigenvalue weighted by Crippen LogP contribution is 2.45. The maximum Gasteiger partial charge on any atom is 0.425 e. The zero-order valence-electron chi connectivity index (χ0n) is 30.4. The van der Waals surface area contributed by atoms with E-state index < -0.39 is 24.0 Å². The number of rotatable bonds is 13. The highest BCUT2D eigenvalue weighted by molar-refractivity contribution is 5.98. The van der Waals surface area contributed by atoms with Crippen LogP contribution in [0.4, 0.5) is 22.1 Å². The van der Waals surface area contributed by atoms with Crippen molar-refractivity contribution < 1.29 is 28.5 Å². The van der Waals surface area contributed by atoms with Gasteiger partial charge in [0, 0.05) is 12.5 Å². The first kappa shape index (κ1) is 36.0. The molecule has 13 heteroatoms. The van der Waals surface area contributed by atoms with Crippen LogP contribution in [0.15, 0.2) is 128 Å². The number of imidazole rings is 1. The van der Waals surface area contributed by atoms with E-state index in [0.29, 0.717) is 36.8 Å². The molecule has 4 aromatic carbocycles. The van der Waals surface area contributed by atoms with E-state index in [4.69, 9.17) is 23.9 Å². The number of hydrogen-bond acceptors (Lipinski definition) is 10. The lowest BCUT2D eigenvalue weighted by Crippen LogP contribution is -2.47. The van der Waals surface area contributed by atoms with E-state index in [1.807, 2.05) is 121 Å². The van der Waals surface area contributed by atoms with Crippen molar-refractivity contribution in [1.29, 1.82) is 0 Å². The van der Waals surface area contributed by atoms with Gasteiger partial charge in [-0.3, -0.25) is 14.7 Å². The zero-order chi connectivity index (χ0) is 37.8. The van der Waals surface area contributed by atoms with Gasteiger partial charge in [-0.1, -0.05) is 111 Å². The summed E-state index contributed by atoms with van der Waals surface area (Å²) in [5, 5.41) is 6.38. The summed E-state index contributed by atoms with van der Waals surface area (Å²) in [7, 11) is 0. The summed E-state index contributed by atoms with van der Waals surface area (Å²) in [4.78, 5) is 42.3. The number of benzene rings is 4. The Hall–Kier alpha value is -5.99. The second-order valence-electron chi connectivity index (χ2n) is 13.9. The average Bonchev–Trinajstić information content (AvgIpc) is 3.88. The van der Waals surface area contributed by atoms with E-state index in [0.717, 1.165) is 11.1 Å². The number of anilines is 3. The second-order valence-corrected chi connectivity index (χ2v) is 13.9. The molecule has 0 aliphatic carbocycles. The van der Waals surface area contributed by atoms with Gasteiger partial charge in [0.25, 0.3) is 5.88 Å². The van der Waals surface area contributed by atoms with Gasteiger partial charge in [0.15, 0.2) is 17.4 Å². The first-order chi connectivity index (χ1) is 26.9. The molecule has 13 nitrogen and oxygen atoms in total. The predicted molar refractivity (Wildman–Crippen MR) is 206 cm³/mol. The molecule has 2 aromatic heterocycles. The van der Waals surface area contributed by atoms with Gasteiger partial charge in [0.2, 0.25) is 11.9 Å². The molecule has 2 aliphatic heterocycles. The van der Waals surface area contributed by atoms with Crippen LogP contribution in [0, 0.1) is 5.92 Å². The monoisotopic (exact) mass is 739 g/mol. The van der Waals surface area contributed by atoms with Crippen LogP contribution in [-0.4, -0.2) is 62.4 Å². The summed E-state index contributed by atoms with van der Waals surface area (Å²) in [6, 6.07) is 37.9. The van der Waals surface area contributed by atoms with Crippen molar-refractivity contribution in [3.8, 4) is 5.88 Å². The molecule has 0 spiro atoms. The molecule has 2 amide bonds. The Labute approximate surface area is 318 Å². The number of nitrogens with one attached hydrogen (secondary N) is 2. The van der Waals surface area contributed by atoms with Crippen molar-refractivity contribution >= 4 is 40.5 Å². The first-order valence-electron chi connectivity index (χ1n) is 18.2. The fourth-order valence-electron chi connectivity index (χ4n) is 6.93. The van der Waals surface area contributed by atoms with E-state index in [-0.39, 0.29) is 41.8 Å². The first-order valence-corrected chi connectivity index (χ1v) is 18.2. The molecule has 0 unspecified atom stereocenters. The Morgan fingerprint density at radius 2 is 1.47 bits per heavy atom. The van der Waals surface area contributed by atoms with Crippen LogP contribution in [0.25, 0.3) is 11.2 Å². The molecule has 8 rings (SSSR count). The van der Waals surface area contributed by atoms with E-state index >= 15 is 0 Å². The van der Waals surface area contributed by atoms with Crippen LogP contribution < -0.4 is 20.3 Å². The molecular weight excluding hydrogens is 699 g/mol. The fourth-order valence-corrected chi connectivity index (χ4v) is 6.93. The number of nitrogens with zero attached hydrogens (tertiary/aromatic N) is 5. The van der Waals surface area contributed by atoms with E-state index in [2.05, 4.69) is 20.6 Å². The Morgan fingerprint density at radius 1 is 0.873 bits per heavy atom. The minimum Gasteiger partial charge on any atom is -0.388 e. The van der Waals surface area contributed by atoms with Gasteiger partial charge in [-0.05, 0) is 35.4 Å². The molecule has 2 bridgehead atoms. The normalized spacial score (nSPS) is 20.2. The smallest absolute Gasteiger partial charge is 0.388 e. The Kier molecular flexibility index (Phi) is 10.3. The van der Waals surface area contributed by atoms with Crippen molar-refractivity contribution in [2.45, 2.75) is 51.0 Å². The second kappa shape index (κ2) is 15.8. The molecule has 6 aromatic rings. The van der Waals surface area contributed by atoms with Gasteiger partial charge in [-0.25, -0.2) is 14.7 Å². The number of morpholine rings is 1. The van der Waals surface area contributed by atoms with Gasteiger partial charge in [-0.2, -0.15) is 9.97 Å². The van der Waals surface area contributed by atoms with Crippen LogP contribution in [-0.2, 0) is 32.2 Å². The zero-order valence-corrected chi connectivity index (χ0v) is 30.4. The van der Waals surface area contributed by atoms with Crippen LogP contribution in [0.1, 0.15) is 31.2 Å². The van der Waals surface area contributed by atoms with Crippen molar-refractivity contribution in [1.82, 2.24) is 24.8 Å². The number of amides is 2. The number of para-hydroxylation sites is 2. The minimum absolute atomic E-state index is 0.0457. The van der Waals surface area contributed by atoms with Crippen LogP contribution in [0.5, 0.6) is 5.88 Å².